The van der Waals surface area contributed by atoms with Gasteiger partial charge in [0, 0.05) is 23.5 Å². The highest BCUT2D eigenvalue weighted by Crippen LogP contribution is 2.17. The van der Waals surface area contributed by atoms with Crippen LogP contribution in [0.15, 0.2) is 47.6 Å². The zero-order valence-corrected chi connectivity index (χ0v) is 12.4. The van der Waals surface area contributed by atoms with Gasteiger partial charge in [0.25, 0.3) is 10.0 Å². The maximum Gasteiger partial charge on any atom is 0.279 e. The summed E-state index contributed by atoms with van der Waals surface area (Å²) in [4.78, 5) is 3.97. The number of rotatable bonds is 5. The van der Waals surface area contributed by atoms with Gasteiger partial charge < -0.3 is 5.32 Å². The van der Waals surface area contributed by atoms with Crippen LogP contribution in [0.2, 0.25) is 5.02 Å². The monoisotopic (exact) mass is 311 g/mol. The van der Waals surface area contributed by atoms with Gasteiger partial charge in [0.2, 0.25) is 0 Å². The molecule has 0 bridgehead atoms. The molecule has 1 heterocycles. The fourth-order valence-electron chi connectivity index (χ4n) is 1.60. The number of sulfonamides is 1. The van der Waals surface area contributed by atoms with Crippen molar-refractivity contribution in [1.82, 2.24) is 10.3 Å². The zero-order chi connectivity index (χ0) is 14.6. The predicted molar refractivity (Wildman–Crippen MR) is 79.3 cm³/mol. The molecule has 0 fully saturated rings. The van der Waals surface area contributed by atoms with Crippen molar-refractivity contribution >= 4 is 27.3 Å². The van der Waals surface area contributed by atoms with Crippen LogP contribution in [-0.4, -0.2) is 20.4 Å². The van der Waals surface area contributed by atoms with Crippen molar-refractivity contribution in [3.05, 3.63) is 53.2 Å². The van der Waals surface area contributed by atoms with Crippen molar-refractivity contribution in [2.24, 2.45) is 0 Å². The quantitative estimate of drug-likeness (QED) is 0.888. The fourth-order valence-corrected chi connectivity index (χ4v) is 2.72. The first-order valence-corrected chi connectivity index (χ1v) is 7.75. The first-order valence-electron chi connectivity index (χ1n) is 5.89. The molecule has 2 N–H and O–H groups in total. The number of nitrogens with one attached hydrogen (secondary N) is 2. The van der Waals surface area contributed by atoms with Crippen LogP contribution in [0.3, 0.4) is 0 Å². The highest BCUT2D eigenvalue weighted by Gasteiger charge is 2.15. The van der Waals surface area contributed by atoms with E-state index in [2.05, 4.69) is 15.0 Å². The van der Waals surface area contributed by atoms with Gasteiger partial charge in [-0.1, -0.05) is 17.7 Å². The predicted octanol–water partition coefficient (Wildman–Crippen LogP) is 2.26. The summed E-state index contributed by atoms with van der Waals surface area (Å²) in [6.07, 6.45) is 1.53. The Morgan fingerprint density at radius 3 is 2.40 bits per heavy atom. The highest BCUT2D eigenvalue weighted by molar-refractivity contribution is 7.92. The standard InChI is InChI=1S/C13H14ClN3O2S/c1-15-8-10-2-7-13(16-9-10)20(18,19)17-12-5-3-11(14)4-6-12/h2-7,9,15,17H,8H2,1H3. The van der Waals surface area contributed by atoms with Gasteiger partial charge in [-0.15, -0.1) is 0 Å². The molecule has 2 aromatic rings. The summed E-state index contributed by atoms with van der Waals surface area (Å²) in [7, 11) is -1.87. The van der Waals surface area contributed by atoms with Crippen LogP contribution in [0.5, 0.6) is 0 Å². The van der Waals surface area contributed by atoms with Crippen molar-refractivity contribution < 1.29 is 8.42 Å². The minimum atomic E-state index is -3.68. The van der Waals surface area contributed by atoms with E-state index in [1.54, 1.807) is 30.3 Å². The van der Waals surface area contributed by atoms with E-state index in [1.165, 1.54) is 12.3 Å². The van der Waals surface area contributed by atoms with Crippen LogP contribution >= 0.6 is 11.6 Å². The minimum absolute atomic E-state index is 0.0210. The molecule has 1 aromatic carbocycles. The van der Waals surface area contributed by atoms with Crippen LogP contribution in [0.4, 0.5) is 5.69 Å². The Labute approximate surface area is 123 Å². The van der Waals surface area contributed by atoms with Crippen LogP contribution in [0.25, 0.3) is 0 Å². The third-order valence-electron chi connectivity index (χ3n) is 2.55. The molecule has 0 atom stereocenters. The van der Waals surface area contributed by atoms with Crippen molar-refractivity contribution in [2.75, 3.05) is 11.8 Å². The lowest BCUT2D eigenvalue weighted by Crippen LogP contribution is -2.15. The van der Waals surface area contributed by atoms with Crippen LogP contribution in [-0.2, 0) is 16.6 Å². The Bertz CT molecular complexity index is 670. The molecule has 7 heteroatoms. The van der Waals surface area contributed by atoms with Crippen molar-refractivity contribution in [3.8, 4) is 0 Å². The Balaban J connectivity index is 2.19. The Morgan fingerprint density at radius 1 is 1.15 bits per heavy atom. The van der Waals surface area contributed by atoms with E-state index in [9.17, 15) is 8.42 Å². The molecule has 1 aromatic heterocycles. The molecule has 0 radical (unpaired) electrons. The van der Waals surface area contributed by atoms with Crippen molar-refractivity contribution in [3.63, 3.8) is 0 Å². The van der Waals surface area contributed by atoms with Gasteiger partial charge in [0.15, 0.2) is 5.03 Å². The van der Waals surface area contributed by atoms with Crippen LogP contribution in [0, 0.1) is 0 Å². The van der Waals surface area contributed by atoms with Crippen LogP contribution < -0.4 is 10.0 Å². The number of halogens is 1. The van der Waals surface area contributed by atoms with Crippen molar-refractivity contribution in [2.45, 2.75) is 11.6 Å². The van der Waals surface area contributed by atoms with E-state index < -0.39 is 10.0 Å². The first-order chi connectivity index (χ1) is 9.51. The van der Waals surface area contributed by atoms with E-state index in [0.717, 1.165) is 5.56 Å². The average molecular weight is 312 g/mol. The SMILES string of the molecule is CNCc1ccc(S(=O)(=O)Nc2ccc(Cl)cc2)nc1. The first kappa shape index (κ1) is 14.8. The molecule has 0 aliphatic carbocycles. The van der Waals surface area contributed by atoms with Gasteiger partial charge >= 0.3 is 0 Å². The second-order valence-corrected chi connectivity index (χ2v) is 6.21. The second kappa shape index (κ2) is 6.21. The van der Waals surface area contributed by atoms with Crippen molar-refractivity contribution in [1.29, 1.82) is 0 Å². The van der Waals surface area contributed by atoms with Gasteiger partial charge in [-0.2, -0.15) is 8.42 Å². The number of anilines is 1. The molecule has 106 valence electrons. The van der Waals surface area contributed by atoms with E-state index in [4.69, 9.17) is 11.6 Å². The average Bonchev–Trinajstić information content (AvgIpc) is 2.42. The molecule has 0 aliphatic heterocycles. The molecule has 0 saturated heterocycles. The number of pyridine rings is 1. The van der Waals surface area contributed by atoms with Gasteiger partial charge in [-0.05, 0) is 42.9 Å². The summed E-state index contributed by atoms with van der Waals surface area (Å²) in [6.45, 7) is 0.637. The maximum atomic E-state index is 12.1. The molecule has 5 nitrogen and oxygen atoms in total. The van der Waals surface area contributed by atoms with E-state index in [0.29, 0.717) is 17.3 Å². The maximum absolute atomic E-state index is 12.1. The second-order valence-electron chi connectivity index (χ2n) is 4.15. The van der Waals surface area contributed by atoms with Gasteiger partial charge in [0.05, 0.1) is 0 Å². The molecule has 2 rings (SSSR count). The summed E-state index contributed by atoms with van der Waals surface area (Å²) in [6, 6.07) is 9.61. The third kappa shape index (κ3) is 3.69. The molecule has 0 saturated carbocycles. The number of hydrogen-bond acceptors (Lipinski definition) is 4. The number of aromatic nitrogens is 1. The lowest BCUT2D eigenvalue weighted by Gasteiger charge is -2.08. The Morgan fingerprint density at radius 2 is 1.85 bits per heavy atom. The summed E-state index contributed by atoms with van der Waals surface area (Å²) in [5, 5.41) is 3.49. The van der Waals surface area contributed by atoms with Gasteiger partial charge in [0.1, 0.15) is 0 Å². The highest BCUT2D eigenvalue weighted by atomic mass is 35.5. The molecular formula is C13H14ClN3O2S. The molecule has 0 amide bonds. The topological polar surface area (TPSA) is 71.1 Å². The lowest BCUT2D eigenvalue weighted by molar-refractivity contribution is 0.597. The van der Waals surface area contributed by atoms with Gasteiger partial charge in [-0.25, -0.2) is 4.98 Å². The molecule has 0 aliphatic rings. The molecule has 20 heavy (non-hydrogen) atoms. The van der Waals surface area contributed by atoms with E-state index in [1.807, 2.05) is 7.05 Å². The molecule has 0 spiro atoms. The summed E-state index contributed by atoms with van der Waals surface area (Å²) < 4.78 is 26.7. The lowest BCUT2D eigenvalue weighted by atomic mass is 10.3. The smallest absolute Gasteiger partial charge is 0.279 e. The number of nitrogens with zero attached hydrogens (tertiary/aromatic N) is 1. The summed E-state index contributed by atoms with van der Waals surface area (Å²) >= 11 is 5.75. The number of hydrogen-bond donors (Lipinski definition) is 2. The zero-order valence-electron chi connectivity index (χ0n) is 10.8. The normalized spacial score (nSPS) is 11.3. The molecular weight excluding hydrogens is 298 g/mol. The largest absolute Gasteiger partial charge is 0.316 e. The fraction of sp³-hybridized carbons (Fsp3) is 0.154. The number of benzene rings is 1. The van der Waals surface area contributed by atoms with Crippen LogP contribution in [0.1, 0.15) is 5.56 Å². The van der Waals surface area contributed by atoms with E-state index >= 15 is 0 Å². The summed E-state index contributed by atoms with van der Waals surface area (Å²) in [5.74, 6) is 0. The van der Waals surface area contributed by atoms with E-state index in [-0.39, 0.29) is 5.03 Å². The van der Waals surface area contributed by atoms with Gasteiger partial charge in [-0.3, -0.25) is 4.72 Å². The Hall–Kier alpha value is -1.63. The Kier molecular flexibility index (Phi) is 4.59. The summed E-state index contributed by atoms with van der Waals surface area (Å²) in [5.41, 5.74) is 1.36. The molecule has 0 unspecified atom stereocenters. The minimum Gasteiger partial charge on any atom is -0.316 e. The third-order valence-corrected chi connectivity index (χ3v) is 4.10.